The van der Waals surface area contributed by atoms with Gasteiger partial charge in [0.25, 0.3) is 5.91 Å². The van der Waals surface area contributed by atoms with Gasteiger partial charge in [0.15, 0.2) is 0 Å². The van der Waals surface area contributed by atoms with Crippen LogP contribution in [-0.2, 0) is 15.4 Å². The third-order valence-electron chi connectivity index (χ3n) is 6.21. The molecule has 1 aliphatic heterocycles. The van der Waals surface area contributed by atoms with Crippen molar-refractivity contribution in [2.75, 3.05) is 25.9 Å². The van der Waals surface area contributed by atoms with E-state index < -0.39 is 10.0 Å². The zero-order chi connectivity index (χ0) is 21.4. The number of hydrogen-bond donors (Lipinski definition) is 1. The summed E-state index contributed by atoms with van der Waals surface area (Å²) in [4.78, 5) is 17.1. The van der Waals surface area contributed by atoms with E-state index in [1.165, 1.54) is 10.6 Å². The molecule has 2 aromatic rings. The number of hydrogen-bond acceptors (Lipinski definition) is 4. The highest BCUT2D eigenvalue weighted by atomic mass is 35.5. The summed E-state index contributed by atoms with van der Waals surface area (Å²) in [7, 11) is -3.20. The fourth-order valence-corrected chi connectivity index (χ4v) is 5.45. The molecule has 160 valence electrons. The number of halogens is 1. The van der Waals surface area contributed by atoms with E-state index in [4.69, 9.17) is 11.6 Å². The first kappa shape index (κ1) is 21.3. The van der Waals surface area contributed by atoms with Crippen LogP contribution >= 0.6 is 11.6 Å². The van der Waals surface area contributed by atoms with E-state index in [9.17, 15) is 13.2 Å². The minimum absolute atomic E-state index is 0.0561. The van der Waals surface area contributed by atoms with Crippen LogP contribution in [0.2, 0.25) is 5.02 Å². The molecule has 0 spiro atoms. The van der Waals surface area contributed by atoms with Crippen molar-refractivity contribution in [3.63, 3.8) is 0 Å². The summed E-state index contributed by atoms with van der Waals surface area (Å²) >= 11 is 6.35. The number of rotatable bonds is 6. The quantitative estimate of drug-likeness (QED) is 0.736. The first-order valence-electron chi connectivity index (χ1n) is 10.2. The van der Waals surface area contributed by atoms with Gasteiger partial charge in [-0.25, -0.2) is 12.7 Å². The first-order valence-corrected chi connectivity index (χ1v) is 12.5. The molecular formula is C22H26ClN3O3S. The monoisotopic (exact) mass is 447 g/mol. The summed E-state index contributed by atoms with van der Waals surface area (Å²) in [5.41, 5.74) is 2.35. The second-order valence-electron chi connectivity index (χ2n) is 8.37. The number of piperidine rings is 1. The van der Waals surface area contributed by atoms with Gasteiger partial charge in [-0.15, -0.1) is 0 Å². The second kappa shape index (κ2) is 8.29. The molecule has 1 N–H and O–H groups in total. The Morgan fingerprint density at radius 2 is 2.03 bits per heavy atom. The van der Waals surface area contributed by atoms with E-state index >= 15 is 0 Å². The molecule has 1 aliphatic carbocycles. The number of carbonyl (C=O) groups excluding carboxylic acids is 1. The summed E-state index contributed by atoms with van der Waals surface area (Å²) < 4.78 is 25.2. The van der Waals surface area contributed by atoms with Crippen molar-refractivity contribution >= 4 is 27.5 Å². The Kier molecular flexibility index (Phi) is 5.88. The molecule has 1 atom stereocenters. The number of pyridine rings is 1. The molecule has 1 amide bonds. The third kappa shape index (κ3) is 4.53. The lowest BCUT2D eigenvalue weighted by Crippen LogP contribution is -2.38. The molecule has 0 unspecified atom stereocenters. The molecule has 1 saturated heterocycles. The topological polar surface area (TPSA) is 79.4 Å². The van der Waals surface area contributed by atoms with Gasteiger partial charge in [0.2, 0.25) is 10.0 Å². The lowest BCUT2D eigenvalue weighted by molar-refractivity contribution is 0.0949. The molecule has 2 fully saturated rings. The molecule has 0 radical (unpaired) electrons. The Labute approximate surface area is 182 Å². The highest BCUT2D eigenvalue weighted by molar-refractivity contribution is 7.88. The maximum atomic E-state index is 12.6. The van der Waals surface area contributed by atoms with Gasteiger partial charge in [0.1, 0.15) is 0 Å². The Bertz CT molecular complexity index is 1040. The maximum Gasteiger partial charge on any atom is 0.252 e. The van der Waals surface area contributed by atoms with E-state index in [2.05, 4.69) is 10.3 Å². The number of nitrogens with one attached hydrogen (secondary N) is 1. The highest BCUT2D eigenvalue weighted by Gasteiger charge is 2.45. The fraction of sp³-hybridized carbons (Fsp3) is 0.455. The molecule has 8 heteroatoms. The molecular weight excluding hydrogens is 422 g/mol. The molecule has 1 aromatic carbocycles. The van der Waals surface area contributed by atoms with Crippen LogP contribution in [0, 0.1) is 0 Å². The van der Waals surface area contributed by atoms with E-state index in [0.29, 0.717) is 25.2 Å². The zero-order valence-electron chi connectivity index (χ0n) is 17.0. The third-order valence-corrected chi connectivity index (χ3v) is 7.81. The first-order chi connectivity index (χ1) is 14.3. The standard InChI is InChI=1S/C22H26ClN3O3S/c1-30(28,29)26-12-4-5-17(14-26)20-9-8-16(13-24-20)21(27)25-15-22(10-11-22)18-6-2-3-7-19(18)23/h2-3,6-9,13,17H,4-5,10-12,14-15H2,1H3,(H,25,27)/t17-/m0/s1. The highest BCUT2D eigenvalue weighted by Crippen LogP contribution is 2.49. The lowest BCUT2D eigenvalue weighted by Gasteiger charge is -2.30. The number of benzene rings is 1. The normalized spacial score (nSPS) is 21.2. The summed E-state index contributed by atoms with van der Waals surface area (Å²) in [6, 6.07) is 11.4. The van der Waals surface area contributed by atoms with Crippen molar-refractivity contribution in [3.05, 3.63) is 64.4 Å². The molecule has 1 saturated carbocycles. The number of aromatic nitrogens is 1. The summed E-state index contributed by atoms with van der Waals surface area (Å²) in [5, 5.41) is 3.77. The minimum atomic E-state index is -3.20. The van der Waals surface area contributed by atoms with E-state index in [0.717, 1.165) is 42.0 Å². The molecule has 0 bridgehead atoms. The Balaban J connectivity index is 1.38. The average molecular weight is 448 g/mol. The Morgan fingerprint density at radius 3 is 2.67 bits per heavy atom. The van der Waals surface area contributed by atoms with Crippen LogP contribution in [0.1, 0.15) is 53.2 Å². The van der Waals surface area contributed by atoms with Crippen LogP contribution in [0.4, 0.5) is 0 Å². The molecule has 1 aromatic heterocycles. The van der Waals surface area contributed by atoms with Crippen molar-refractivity contribution in [3.8, 4) is 0 Å². The van der Waals surface area contributed by atoms with Gasteiger partial charge in [0.05, 0.1) is 11.8 Å². The minimum Gasteiger partial charge on any atom is -0.351 e. The predicted octanol–water partition coefficient (Wildman–Crippen LogP) is 3.34. The Hall–Kier alpha value is -1.96. The number of nitrogens with zero attached hydrogens (tertiary/aromatic N) is 2. The summed E-state index contributed by atoms with van der Waals surface area (Å²) in [6.07, 6.45) is 6.54. The van der Waals surface area contributed by atoms with Crippen LogP contribution in [0.15, 0.2) is 42.6 Å². The Morgan fingerprint density at radius 1 is 1.27 bits per heavy atom. The van der Waals surface area contributed by atoms with Gasteiger partial charge in [0, 0.05) is 47.9 Å². The smallest absolute Gasteiger partial charge is 0.252 e. The average Bonchev–Trinajstić information content (AvgIpc) is 3.53. The zero-order valence-corrected chi connectivity index (χ0v) is 18.5. The molecule has 2 heterocycles. The van der Waals surface area contributed by atoms with Crippen molar-refractivity contribution in [2.24, 2.45) is 0 Å². The van der Waals surface area contributed by atoms with E-state index in [-0.39, 0.29) is 17.2 Å². The van der Waals surface area contributed by atoms with Crippen LogP contribution in [-0.4, -0.2) is 49.5 Å². The lowest BCUT2D eigenvalue weighted by atomic mass is 9.95. The van der Waals surface area contributed by atoms with E-state index in [1.54, 1.807) is 12.3 Å². The summed E-state index contributed by atoms with van der Waals surface area (Å²) in [6.45, 7) is 1.55. The van der Waals surface area contributed by atoms with Gasteiger partial charge < -0.3 is 5.32 Å². The van der Waals surface area contributed by atoms with Gasteiger partial charge in [-0.2, -0.15) is 0 Å². The second-order valence-corrected chi connectivity index (χ2v) is 10.8. The molecule has 4 rings (SSSR count). The van der Waals surface area contributed by atoms with Gasteiger partial charge >= 0.3 is 0 Å². The predicted molar refractivity (Wildman–Crippen MR) is 117 cm³/mol. The van der Waals surface area contributed by atoms with Crippen LogP contribution in [0.3, 0.4) is 0 Å². The number of amides is 1. The van der Waals surface area contributed by atoms with Gasteiger partial charge in [-0.1, -0.05) is 29.8 Å². The van der Waals surface area contributed by atoms with Crippen molar-refractivity contribution in [1.29, 1.82) is 0 Å². The summed E-state index contributed by atoms with van der Waals surface area (Å²) in [5.74, 6) is -0.102. The molecule has 30 heavy (non-hydrogen) atoms. The van der Waals surface area contributed by atoms with Gasteiger partial charge in [-0.3, -0.25) is 9.78 Å². The van der Waals surface area contributed by atoms with Crippen LogP contribution in [0.5, 0.6) is 0 Å². The molecule has 2 aliphatic rings. The largest absolute Gasteiger partial charge is 0.351 e. The van der Waals surface area contributed by atoms with Crippen molar-refractivity contribution in [1.82, 2.24) is 14.6 Å². The molecule has 6 nitrogen and oxygen atoms in total. The van der Waals surface area contributed by atoms with Crippen molar-refractivity contribution in [2.45, 2.75) is 37.0 Å². The fourth-order valence-electron chi connectivity index (χ4n) is 4.20. The van der Waals surface area contributed by atoms with E-state index in [1.807, 2.05) is 30.3 Å². The number of carbonyl (C=O) groups is 1. The van der Waals surface area contributed by atoms with Crippen LogP contribution < -0.4 is 5.32 Å². The number of sulfonamides is 1. The maximum absolute atomic E-state index is 12.6. The SMILES string of the molecule is CS(=O)(=O)N1CCC[C@H](c2ccc(C(=O)NCC3(c4ccccc4Cl)CC3)cn2)C1. The van der Waals surface area contributed by atoms with Gasteiger partial charge in [-0.05, 0) is 49.4 Å². The van der Waals surface area contributed by atoms with Crippen LogP contribution in [0.25, 0.3) is 0 Å². The van der Waals surface area contributed by atoms with Crippen molar-refractivity contribution < 1.29 is 13.2 Å².